The highest BCUT2D eigenvalue weighted by atomic mass is 32.2. The highest BCUT2D eigenvalue weighted by molar-refractivity contribution is 7.86. The van der Waals surface area contributed by atoms with Crippen LogP contribution in [0.5, 0.6) is 5.88 Å². The van der Waals surface area contributed by atoms with Gasteiger partial charge < -0.3 is 9.84 Å². The minimum absolute atomic E-state index is 0.00419. The molecule has 0 saturated carbocycles. The Morgan fingerprint density at radius 3 is 2.12 bits per heavy atom. The zero-order chi connectivity index (χ0) is 30.5. The molecule has 3 N–H and O–H groups in total. The van der Waals surface area contributed by atoms with Gasteiger partial charge in [-0.15, -0.1) is 15.3 Å². The number of ether oxygens (including phenoxy) is 1. The van der Waals surface area contributed by atoms with Crippen molar-refractivity contribution < 1.29 is 35.8 Å². The summed E-state index contributed by atoms with van der Waals surface area (Å²) >= 11 is 0. The van der Waals surface area contributed by atoms with Crippen molar-refractivity contribution in [3.8, 4) is 5.88 Å². The summed E-state index contributed by atoms with van der Waals surface area (Å²) in [7, 11) is -8.24. The molecule has 218 valence electrons. The summed E-state index contributed by atoms with van der Waals surface area (Å²) < 4.78 is 72.5. The maximum atomic E-state index is 13.0. The fourth-order valence-electron chi connectivity index (χ4n) is 3.58. The van der Waals surface area contributed by atoms with Crippen LogP contribution in [-0.4, -0.2) is 49.1 Å². The monoisotopic (exact) mass is 606 g/mol. The smallest absolute Gasteiger partial charge is 0.296 e. The number of pyridine rings is 1. The summed E-state index contributed by atoms with van der Waals surface area (Å²) in [6, 6.07) is 9.00. The van der Waals surface area contributed by atoms with Gasteiger partial charge in [0.1, 0.15) is 22.0 Å². The molecular formula is C24H26N6O9S2. The van der Waals surface area contributed by atoms with Crippen molar-refractivity contribution in [2.45, 2.75) is 38.0 Å². The molecular weight excluding hydrogens is 580 g/mol. The molecule has 3 rings (SSSR count). The highest BCUT2D eigenvalue weighted by Crippen LogP contribution is 2.39. The predicted octanol–water partition coefficient (Wildman–Crippen LogP) is 4.96. The Bertz CT molecular complexity index is 1830. The zero-order valence-corrected chi connectivity index (χ0v) is 23.9. The molecule has 0 atom stereocenters. The molecule has 0 fully saturated rings. The second kappa shape index (κ2) is 12.5. The molecule has 0 aliphatic carbocycles. The average Bonchev–Trinajstić information content (AvgIpc) is 2.89. The van der Waals surface area contributed by atoms with Gasteiger partial charge in [-0.05, 0) is 50.6 Å². The van der Waals surface area contributed by atoms with E-state index in [-0.39, 0.29) is 29.0 Å². The molecule has 0 amide bonds. The molecule has 0 aliphatic rings. The largest absolute Gasteiger partial charge is 0.494 e. The number of aromatic nitrogens is 1. The minimum atomic E-state index is -4.93. The molecule has 41 heavy (non-hydrogen) atoms. The number of hydrogen-bond donors (Lipinski definition) is 3. The van der Waals surface area contributed by atoms with Crippen LogP contribution < -0.4 is 5.56 Å². The predicted molar refractivity (Wildman–Crippen MR) is 149 cm³/mol. The van der Waals surface area contributed by atoms with E-state index in [1.165, 1.54) is 21.0 Å². The van der Waals surface area contributed by atoms with Gasteiger partial charge in [0.05, 0.1) is 18.5 Å². The van der Waals surface area contributed by atoms with Crippen molar-refractivity contribution in [3.05, 3.63) is 63.4 Å². The number of hydrogen-bond acceptors (Lipinski definition) is 12. The summed E-state index contributed by atoms with van der Waals surface area (Å²) in [6.45, 7) is 4.55. The van der Waals surface area contributed by atoms with Crippen molar-refractivity contribution in [1.82, 2.24) is 4.57 Å². The van der Waals surface area contributed by atoms with Crippen LogP contribution in [0.3, 0.4) is 0 Å². The van der Waals surface area contributed by atoms with Gasteiger partial charge in [0, 0.05) is 12.1 Å². The molecule has 0 radical (unpaired) electrons. The van der Waals surface area contributed by atoms with Gasteiger partial charge in [-0.2, -0.15) is 21.9 Å². The fourth-order valence-corrected chi connectivity index (χ4v) is 4.91. The fraction of sp³-hybridized carbons (Fsp3) is 0.250. The van der Waals surface area contributed by atoms with Crippen LogP contribution in [0.1, 0.15) is 23.6 Å². The van der Waals surface area contributed by atoms with Crippen LogP contribution >= 0.6 is 0 Å². The van der Waals surface area contributed by atoms with Crippen LogP contribution in [0.2, 0.25) is 0 Å². The third-order valence-corrected chi connectivity index (χ3v) is 7.16. The van der Waals surface area contributed by atoms with E-state index in [1.54, 1.807) is 24.3 Å². The van der Waals surface area contributed by atoms with Gasteiger partial charge >= 0.3 is 0 Å². The number of azo groups is 2. The minimum Gasteiger partial charge on any atom is -0.494 e. The molecule has 3 aromatic rings. The van der Waals surface area contributed by atoms with Gasteiger partial charge in [0.2, 0.25) is 0 Å². The van der Waals surface area contributed by atoms with Gasteiger partial charge in [0.25, 0.3) is 25.8 Å². The zero-order valence-electron chi connectivity index (χ0n) is 22.2. The van der Waals surface area contributed by atoms with Crippen LogP contribution in [0.25, 0.3) is 0 Å². The lowest BCUT2D eigenvalue weighted by Crippen LogP contribution is -2.22. The number of methoxy groups -OCH3 is 1. The van der Waals surface area contributed by atoms with Crippen LogP contribution in [-0.2, 0) is 37.3 Å². The average molecular weight is 607 g/mol. The second-order valence-electron chi connectivity index (χ2n) is 8.54. The quantitative estimate of drug-likeness (QED) is 0.122. The number of nitrogens with zero attached hydrogens (tertiary/aromatic N) is 6. The van der Waals surface area contributed by atoms with Crippen molar-refractivity contribution >= 4 is 55.1 Å². The van der Waals surface area contributed by atoms with E-state index in [9.17, 15) is 35.8 Å². The summed E-state index contributed by atoms with van der Waals surface area (Å²) in [4.78, 5) is 16.3. The van der Waals surface area contributed by atoms with Crippen molar-refractivity contribution in [2.24, 2.45) is 25.4 Å². The Morgan fingerprint density at radius 1 is 0.927 bits per heavy atom. The third kappa shape index (κ3) is 7.66. The lowest BCUT2D eigenvalue weighted by atomic mass is 10.1. The molecule has 15 nitrogen and oxygen atoms in total. The first-order valence-electron chi connectivity index (χ1n) is 11.7. The Hall–Kier alpha value is -4.32. The lowest BCUT2D eigenvalue weighted by molar-refractivity contribution is 0.403. The molecule has 17 heteroatoms. The van der Waals surface area contributed by atoms with E-state index in [1.807, 2.05) is 6.92 Å². The van der Waals surface area contributed by atoms with E-state index in [4.69, 9.17) is 4.74 Å². The summed E-state index contributed by atoms with van der Waals surface area (Å²) in [5.41, 5.74) is -0.879. The van der Waals surface area contributed by atoms with Crippen LogP contribution in [0, 0.1) is 13.8 Å². The SMILES string of the molecule is CCn1c(O)c(CS(=O)(=O)O)c(C)c(N=Nc2cc(N=COC)c(N=Nc3ccc(C)cc3)cc2S(=O)(=O)O)c1=O. The summed E-state index contributed by atoms with van der Waals surface area (Å²) in [5.74, 6) is -1.72. The normalized spacial score (nSPS) is 12.6. The molecule has 0 unspecified atom stereocenters. The van der Waals surface area contributed by atoms with E-state index < -0.39 is 53.7 Å². The van der Waals surface area contributed by atoms with E-state index in [2.05, 4.69) is 25.4 Å². The topological polar surface area (TPSA) is 222 Å². The molecule has 0 saturated heterocycles. The Kier molecular flexibility index (Phi) is 9.49. The number of benzene rings is 2. The summed E-state index contributed by atoms with van der Waals surface area (Å²) in [5, 5.41) is 26.2. The molecule has 0 bridgehead atoms. The Labute approximate surface area is 235 Å². The number of aliphatic imine (C=N–C) groups is 1. The maximum absolute atomic E-state index is 13.0. The second-order valence-corrected chi connectivity index (χ2v) is 11.4. The van der Waals surface area contributed by atoms with Crippen LogP contribution in [0.4, 0.5) is 28.4 Å². The standard InChI is InChI=1S/C24H26N6O9S2/c1-5-30-23(31)17(12-40(33,34)35)15(3)22(24(30)32)29-28-20-10-18(25-13-39-4)19(11-21(20)41(36,37)38)27-26-16-8-6-14(2)7-9-16/h6-11,13,31H,5,12H2,1-4H3,(H,33,34,35)(H,36,37,38). The first-order chi connectivity index (χ1) is 19.2. The number of aromatic hydroxyl groups is 1. The first kappa shape index (κ1) is 31.2. The Morgan fingerprint density at radius 2 is 1.56 bits per heavy atom. The molecule has 1 heterocycles. The molecule has 1 aromatic heterocycles. The van der Waals surface area contributed by atoms with E-state index in [0.29, 0.717) is 5.69 Å². The van der Waals surface area contributed by atoms with Gasteiger partial charge in [-0.25, -0.2) is 4.99 Å². The van der Waals surface area contributed by atoms with E-state index in [0.717, 1.165) is 28.7 Å². The number of aryl methyl sites for hydroxylation is 1. The number of rotatable bonds is 10. The highest BCUT2D eigenvalue weighted by Gasteiger charge is 2.23. The van der Waals surface area contributed by atoms with E-state index >= 15 is 0 Å². The third-order valence-electron chi connectivity index (χ3n) is 5.62. The lowest BCUT2D eigenvalue weighted by Gasteiger charge is -2.14. The first-order valence-corrected chi connectivity index (χ1v) is 14.7. The van der Waals surface area contributed by atoms with Crippen molar-refractivity contribution in [1.29, 1.82) is 0 Å². The van der Waals surface area contributed by atoms with Crippen LogP contribution in [0.15, 0.2) is 71.5 Å². The van der Waals surface area contributed by atoms with Crippen molar-refractivity contribution in [3.63, 3.8) is 0 Å². The van der Waals surface area contributed by atoms with Gasteiger partial charge in [-0.1, -0.05) is 17.7 Å². The maximum Gasteiger partial charge on any atom is 0.296 e. The molecule has 0 aliphatic heterocycles. The molecule has 2 aromatic carbocycles. The van der Waals surface area contributed by atoms with Gasteiger partial charge in [0.15, 0.2) is 18.0 Å². The summed E-state index contributed by atoms with van der Waals surface area (Å²) in [6.07, 6.45) is 1.03. The molecule has 0 spiro atoms. The Balaban J connectivity index is 2.25. The van der Waals surface area contributed by atoms with Crippen molar-refractivity contribution in [2.75, 3.05) is 7.11 Å². The van der Waals surface area contributed by atoms with Gasteiger partial charge in [-0.3, -0.25) is 18.5 Å².